The molecule has 54 heavy (non-hydrogen) atoms. The summed E-state index contributed by atoms with van der Waals surface area (Å²) in [5.41, 5.74) is 1.20. The number of hydrogen-bond acceptors (Lipinski definition) is 20. The number of carbonyl (C=O) groups excluding carboxylic acids is 1. The number of hydrogen-bond donors (Lipinski definition) is 4. The quantitative estimate of drug-likeness (QED) is 0.0113. The SMILES string of the molecule is CCOCNc1nc(Nc2ccc(C=Cc3ccc(Nc4nc(NC(=O)CC)nc(N(C)C)n4)cc3S(=O)(=O)[O-])c(SOO[O-])c2)nc(N(C)C)n1.[Na+].[Na+]. The number of carbonyl (C=O) groups is 1. The molecule has 0 bridgehead atoms. The molecule has 2 aromatic carbocycles. The van der Waals surface area contributed by atoms with Crippen molar-refractivity contribution >= 4 is 87.3 Å². The van der Waals surface area contributed by atoms with Crippen molar-refractivity contribution in [2.75, 3.05) is 72.6 Å². The number of nitrogens with one attached hydrogen (secondary N) is 4. The van der Waals surface area contributed by atoms with Crippen LogP contribution in [0.1, 0.15) is 31.4 Å². The summed E-state index contributed by atoms with van der Waals surface area (Å²) in [6, 6.07) is 9.01. The van der Waals surface area contributed by atoms with Crippen molar-refractivity contribution in [2.24, 2.45) is 0 Å². The van der Waals surface area contributed by atoms with Gasteiger partial charge in [0, 0.05) is 57.5 Å². The zero-order valence-corrected chi connectivity index (χ0v) is 36.5. The van der Waals surface area contributed by atoms with E-state index in [9.17, 15) is 23.0 Å². The second kappa shape index (κ2) is 22.4. The first kappa shape index (κ1) is 46.9. The van der Waals surface area contributed by atoms with Crippen molar-refractivity contribution < 1.29 is 96.2 Å². The van der Waals surface area contributed by atoms with Gasteiger partial charge in [0.05, 0.1) is 16.9 Å². The van der Waals surface area contributed by atoms with Gasteiger partial charge in [-0.25, -0.2) is 8.42 Å². The first-order valence-electron chi connectivity index (χ1n) is 15.4. The van der Waals surface area contributed by atoms with E-state index in [1.807, 2.05) is 6.92 Å². The summed E-state index contributed by atoms with van der Waals surface area (Å²) in [6.45, 7) is 4.21. The predicted molar refractivity (Wildman–Crippen MR) is 192 cm³/mol. The summed E-state index contributed by atoms with van der Waals surface area (Å²) in [6.07, 6.45) is 3.13. The van der Waals surface area contributed by atoms with E-state index in [-0.39, 0.29) is 119 Å². The minimum atomic E-state index is -4.98. The van der Waals surface area contributed by atoms with Gasteiger partial charge in [-0.15, -0.1) is 0 Å². The number of nitrogens with zero attached hydrogens (tertiary/aromatic N) is 8. The molecule has 0 saturated carbocycles. The molecule has 4 N–H and O–H groups in total. The molecule has 0 spiro atoms. The molecule has 0 aliphatic rings. The second-order valence-electron chi connectivity index (χ2n) is 10.8. The number of amides is 1. The predicted octanol–water partition coefficient (Wildman–Crippen LogP) is -3.26. The maximum absolute atomic E-state index is 12.4. The second-order valence-corrected chi connectivity index (χ2v) is 12.9. The van der Waals surface area contributed by atoms with Crippen LogP contribution in [0.4, 0.5) is 47.1 Å². The fraction of sp³-hybridized carbons (Fsp3) is 0.300. The smallest absolute Gasteiger partial charge is 0.744 e. The Kier molecular flexibility index (Phi) is 19.4. The molecule has 2 aromatic heterocycles. The average molecular weight is 803 g/mol. The molecule has 20 nitrogen and oxygen atoms in total. The maximum atomic E-state index is 12.4. The molecule has 0 aliphatic carbocycles. The zero-order valence-electron chi connectivity index (χ0n) is 30.9. The summed E-state index contributed by atoms with van der Waals surface area (Å²) in [7, 11) is 1.95. The molecular weight excluding hydrogens is 767 g/mol. The van der Waals surface area contributed by atoms with Gasteiger partial charge < -0.3 is 40.3 Å². The Hall–Kier alpha value is -3.23. The van der Waals surface area contributed by atoms with E-state index < -0.39 is 15.0 Å². The van der Waals surface area contributed by atoms with E-state index >= 15 is 0 Å². The van der Waals surface area contributed by atoms with Crippen LogP contribution in [0.25, 0.3) is 12.2 Å². The molecule has 0 saturated heterocycles. The minimum absolute atomic E-state index is 0. The number of benzene rings is 2. The van der Waals surface area contributed by atoms with Crippen LogP contribution < -0.4 is 95.4 Å². The van der Waals surface area contributed by atoms with Gasteiger partial charge in [0.15, 0.2) is 0 Å². The van der Waals surface area contributed by atoms with Crippen LogP contribution in [0.5, 0.6) is 0 Å². The standard InChI is InChI=1S/C30H38N12O8S2.2Na/c1-7-24(43)34-28-36-27(39-30(40-28)42(5)6)33-21-14-12-19(23(16-21)52(45,46)47)10-9-18-11-13-20(15-22(18)51-50-49-44)32-26-35-25(31-17-48-8-2)37-29(38-26)41(3)4;;/h9-16,44H,7-8,17H2,1-6H3,(H,45,46,47)(H2,31,32,35,37,38)(H2,33,34,36,39,40,43);;/q;2*+1/p-2. The van der Waals surface area contributed by atoms with Gasteiger partial charge in [-0.05, 0) is 42.3 Å². The molecule has 0 atom stereocenters. The zero-order chi connectivity index (χ0) is 37.8. The third-order valence-electron chi connectivity index (χ3n) is 6.56. The molecule has 0 aliphatic heterocycles. The Bertz CT molecular complexity index is 2010. The maximum Gasteiger partial charge on any atom is 1.00 e. The van der Waals surface area contributed by atoms with E-state index in [1.165, 1.54) is 24.3 Å². The molecule has 1 amide bonds. The van der Waals surface area contributed by atoms with Gasteiger partial charge in [0.2, 0.25) is 41.6 Å². The van der Waals surface area contributed by atoms with Crippen molar-refractivity contribution in [2.45, 2.75) is 30.1 Å². The summed E-state index contributed by atoms with van der Waals surface area (Å²) < 4.78 is 47.1. The summed E-state index contributed by atoms with van der Waals surface area (Å²) in [5.74, 6) is 0.716. The third-order valence-corrected chi connectivity index (χ3v) is 8.11. The molecule has 4 rings (SSSR count). The molecule has 0 unspecified atom stereocenters. The summed E-state index contributed by atoms with van der Waals surface area (Å²) >= 11 is 0.599. The average Bonchev–Trinajstić information content (AvgIpc) is 3.10. The Morgan fingerprint density at radius 1 is 0.815 bits per heavy atom. The Morgan fingerprint density at radius 2 is 1.35 bits per heavy atom. The van der Waals surface area contributed by atoms with E-state index in [0.29, 0.717) is 40.7 Å². The van der Waals surface area contributed by atoms with E-state index in [2.05, 4.69) is 60.5 Å². The monoisotopic (exact) mass is 802 g/mol. The Balaban J connectivity index is 0.00000504. The van der Waals surface area contributed by atoms with E-state index in [4.69, 9.17) is 4.74 Å². The third kappa shape index (κ3) is 14.1. The Morgan fingerprint density at radius 3 is 1.91 bits per heavy atom. The van der Waals surface area contributed by atoms with Gasteiger partial charge in [-0.2, -0.15) is 34.2 Å². The topological polar surface area (TPSA) is 257 Å². The van der Waals surface area contributed by atoms with Gasteiger partial charge in [-0.3, -0.25) is 15.1 Å². The molecule has 2 heterocycles. The number of anilines is 8. The molecule has 4 aromatic rings. The van der Waals surface area contributed by atoms with Crippen LogP contribution in [-0.2, 0) is 29.0 Å². The van der Waals surface area contributed by atoms with Crippen LogP contribution in [0, 0.1) is 0 Å². The van der Waals surface area contributed by atoms with E-state index in [1.54, 1.807) is 63.1 Å². The largest absolute Gasteiger partial charge is 1.00 e. The van der Waals surface area contributed by atoms with Crippen LogP contribution in [0.2, 0.25) is 0 Å². The van der Waals surface area contributed by atoms with Crippen LogP contribution in [-0.4, -0.2) is 90.3 Å². The number of rotatable bonds is 18. The van der Waals surface area contributed by atoms with Crippen molar-refractivity contribution in [1.29, 1.82) is 0 Å². The fourth-order valence-electron chi connectivity index (χ4n) is 4.08. The van der Waals surface area contributed by atoms with Gasteiger partial charge in [0.25, 0.3) is 0 Å². The molecule has 24 heteroatoms. The van der Waals surface area contributed by atoms with Crippen LogP contribution >= 0.6 is 12.0 Å². The van der Waals surface area contributed by atoms with Crippen LogP contribution in [0.15, 0.2) is 46.2 Å². The van der Waals surface area contributed by atoms with E-state index in [0.717, 1.165) is 6.07 Å². The number of ether oxygens (including phenoxy) is 1. The van der Waals surface area contributed by atoms with Crippen LogP contribution in [0.3, 0.4) is 0 Å². The minimum Gasteiger partial charge on any atom is -0.744 e. The van der Waals surface area contributed by atoms with Crippen molar-refractivity contribution in [3.63, 3.8) is 0 Å². The molecule has 278 valence electrons. The van der Waals surface area contributed by atoms with Gasteiger partial charge >= 0.3 is 59.1 Å². The molecule has 0 fully saturated rings. The Labute approximate surface area is 360 Å². The fourth-order valence-corrected chi connectivity index (χ4v) is 5.29. The van der Waals surface area contributed by atoms with Crippen molar-refractivity contribution in [3.8, 4) is 0 Å². The van der Waals surface area contributed by atoms with Gasteiger partial charge in [0.1, 0.15) is 16.8 Å². The summed E-state index contributed by atoms with van der Waals surface area (Å²) in [4.78, 5) is 40.8. The van der Waals surface area contributed by atoms with Crippen molar-refractivity contribution in [1.82, 2.24) is 29.9 Å². The number of aromatic nitrogens is 6. The first-order valence-corrected chi connectivity index (χ1v) is 17.5. The summed E-state index contributed by atoms with van der Waals surface area (Å²) in [5, 5.41) is 25.7. The first-order chi connectivity index (χ1) is 24.8. The van der Waals surface area contributed by atoms with Crippen molar-refractivity contribution in [3.05, 3.63) is 47.5 Å². The normalized spacial score (nSPS) is 11.0. The van der Waals surface area contributed by atoms with Gasteiger partial charge in [-0.1, -0.05) is 31.2 Å². The molecular formula is C30H36N12Na2O8S2. The molecule has 0 radical (unpaired) electrons.